The minimum atomic E-state index is 0.119. The molecule has 0 radical (unpaired) electrons. The van der Waals surface area contributed by atoms with E-state index in [1.165, 1.54) is 0 Å². The van der Waals surface area contributed by atoms with Crippen LogP contribution in [0.25, 0.3) is 22.2 Å². The van der Waals surface area contributed by atoms with Crippen LogP contribution in [0.3, 0.4) is 0 Å². The number of aryl methyl sites for hydroxylation is 1. The van der Waals surface area contributed by atoms with Gasteiger partial charge in [0.2, 0.25) is 5.91 Å². The maximum Gasteiger partial charge on any atom is 0.227 e. The fourth-order valence-electron chi connectivity index (χ4n) is 4.20. The number of benzene rings is 2. The van der Waals surface area contributed by atoms with Crippen LogP contribution in [0.1, 0.15) is 33.1 Å². The van der Waals surface area contributed by atoms with Gasteiger partial charge in [0.1, 0.15) is 12.4 Å². The smallest absolute Gasteiger partial charge is 0.227 e. The molecule has 0 saturated heterocycles. The maximum absolute atomic E-state index is 12.0. The summed E-state index contributed by atoms with van der Waals surface area (Å²) in [6, 6.07) is 14.1. The molecular weight excluding hydrogens is 400 g/mol. The number of hydrogen-bond acceptors (Lipinski definition) is 4. The highest BCUT2D eigenvalue weighted by molar-refractivity contribution is 6.01. The van der Waals surface area contributed by atoms with Gasteiger partial charge in [0, 0.05) is 41.7 Å². The fourth-order valence-corrected chi connectivity index (χ4v) is 4.20. The summed E-state index contributed by atoms with van der Waals surface area (Å²) in [5.74, 6) is 1.17. The summed E-state index contributed by atoms with van der Waals surface area (Å²) in [5.41, 5.74) is 11.3. The molecule has 1 aliphatic carbocycles. The van der Waals surface area contributed by atoms with Crippen LogP contribution < -0.4 is 15.8 Å². The van der Waals surface area contributed by atoms with Gasteiger partial charge in [0.25, 0.3) is 0 Å². The second-order valence-corrected chi connectivity index (χ2v) is 8.68. The highest BCUT2D eigenvalue weighted by Crippen LogP contribution is 2.38. The Morgan fingerprint density at radius 2 is 1.91 bits per heavy atom. The number of nitrogen functional groups attached to an aromatic ring is 1. The lowest BCUT2D eigenvalue weighted by Gasteiger charge is -2.16. The van der Waals surface area contributed by atoms with E-state index in [1.807, 2.05) is 30.3 Å². The monoisotopic (exact) mass is 434 g/mol. The average molecular weight is 435 g/mol. The first-order chi connectivity index (χ1) is 15.5. The van der Waals surface area contributed by atoms with Gasteiger partial charge in [-0.1, -0.05) is 19.1 Å². The van der Waals surface area contributed by atoms with Crippen molar-refractivity contribution in [3.8, 4) is 17.0 Å². The van der Waals surface area contributed by atoms with Gasteiger partial charge >= 0.3 is 0 Å². The van der Waals surface area contributed by atoms with Gasteiger partial charge in [-0.3, -0.25) is 4.79 Å². The SMILES string of the molecule is CCCN(C)CCOc1ccc2c(N)c(-c3ccc(NC(=O)C4CC4)cc3)n(CC)c2c1. The predicted molar refractivity (Wildman–Crippen MR) is 132 cm³/mol. The quantitative estimate of drug-likeness (QED) is 0.472. The fraction of sp³-hybridized carbons (Fsp3) is 0.423. The second kappa shape index (κ2) is 9.65. The van der Waals surface area contributed by atoms with Crippen LogP contribution in [0, 0.1) is 5.92 Å². The standard InChI is InChI=1S/C26H34N4O2/c1-4-14-29(3)15-16-32-21-12-13-22-23(17-21)30(5-2)25(24(22)27)18-8-10-20(11-9-18)28-26(31)19-6-7-19/h8-13,17,19H,4-7,14-16,27H2,1-3H3,(H,28,31). The van der Waals surface area contributed by atoms with Crippen LogP contribution in [0.2, 0.25) is 0 Å². The Labute approximate surface area is 190 Å². The van der Waals surface area contributed by atoms with E-state index in [2.05, 4.69) is 47.8 Å². The van der Waals surface area contributed by atoms with Crippen LogP contribution in [-0.2, 0) is 11.3 Å². The molecule has 3 aromatic rings. The Morgan fingerprint density at radius 3 is 2.56 bits per heavy atom. The Kier molecular flexibility index (Phi) is 6.70. The van der Waals surface area contributed by atoms with Crippen LogP contribution in [0.5, 0.6) is 5.75 Å². The highest BCUT2D eigenvalue weighted by atomic mass is 16.5. The molecule has 0 atom stereocenters. The Morgan fingerprint density at radius 1 is 1.16 bits per heavy atom. The van der Waals surface area contributed by atoms with Crippen molar-refractivity contribution in [3.05, 3.63) is 42.5 Å². The largest absolute Gasteiger partial charge is 0.492 e. The van der Waals surface area contributed by atoms with Crippen molar-refractivity contribution in [2.24, 2.45) is 5.92 Å². The lowest BCUT2D eigenvalue weighted by atomic mass is 10.1. The van der Waals surface area contributed by atoms with Gasteiger partial charge in [0.05, 0.1) is 16.9 Å². The minimum absolute atomic E-state index is 0.119. The Bertz CT molecular complexity index is 1080. The Balaban J connectivity index is 1.56. The molecular formula is C26H34N4O2. The molecule has 6 nitrogen and oxygen atoms in total. The second-order valence-electron chi connectivity index (χ2n) is 8.68. The van der Waals surface area contributed by atoms with Crippen molar-refractivity contribution in [1.82, 2.24) is 9.47 Å². The first-order valence-corrected chi connectivity index (χ1v) is 11.7. The molecule has 6 heteroatoms. The molecule has 0 aliphatic heterocycles. The lowest BCUT2D eigenvalue weighted by Crippen LogP contribution is -2.24. The van der Waals surface area contributed by atoms with Crippen molar-refractivity contribution in [2.45, 2.75) is 39.7 Å². The number of hydrogen-bond donors (Lipinski definition) is 2. The molecule has 0 unspecified atom stereocenters. The zero-order valence-corrected chi connectivity index (χ0v) is 19.4. The van der Waals surface area contributed by atoms with Crippen molar-refractivity contribution in [1.29, 1.82) is 0 Å². The summed E-state index contributed by atoms with van der Waals surface area (Å²) in [6.45, 7) is 7.74. The van der Waals surface area contributed by atoms with E-state index in [0.717, 1.165) is 78.2 Å². The van der Waals surface area contributed by atoms with Crippen molar-refractivity contribution in [2.75, 3.05) is 37.8 Å². The predicted octanol–water partition coefficient (Wildman–Crippen LogP) is 4.98. The molecule has 4 rings (SSSR count). The summed E-state index contributed by atoms with van der Waals surface area (Å²) in [7, 11) is 2.12. The number of aromatic nitrogens is 1. The third-order valence-electron chi connectivity index (χ3n) is 6.11. The highest BCUT2D eigenvalue weighted by Gasteiger charge is 2.29. The number of likely N-dealkylation sites (N-methyl/N-ethyl adjacent to an activating group) is 1. The molecule has 0 spiro atoms. The number of nitrogens with one attached hydrogen (secondary N) is 1. The van der Waals surface area contributed by atoms with Gasteiger partial charge < -0.3 is 25.3 Å². The molecule has 0 bridgehead atoms. The van der Waals surface area contributed by atoms with Crippen molar-refractivity contribution < 1.29 is 9.53 Å². The molecule has 1 heterocycles. The van der Waals surface area contributed by atoms with E-state index < -0.39 is 0 Å². The summed E-state index contributed by atoms with van der Waals surface area (Å²) in [4.78, 5) is 14.3. The van der Waals surface area contributed by atoms with E-state index in [1.54, 1.807) is 0 Å². The van der Waals surface area contributed by atoms with Crippen LogP contribution in [0.15, 0.2) is 42.5 Å². The topological polar surface area (TPSA) is 72.5 Å². The van der Waals surface area contributed by atoms with E-state index in [4.69, 9.17) is 10.5 Å². The van der Waals surface area contributed by atoms with E-state index in [9.17, 15) is 4.79 Å². The zero-order valence-electron chi connectivity index (χ0n) is 19.4. The van der Waals surface area contributed by atoms with Gasteiger partial charge in [-0.05, 0) is 64.0 Å². The number of nitrogens with two attached hydrogens (primary N) is 1. The van der Waals surface area contributed by atoms with E-state index in [-0.39, 0.29) is 11.8 Å². The zero-order chi connectivity index (χ0) is 22.7. The van der Waals surface area contributed by atoms with E-state index in [0.29, 0.717) is 6.61 Å². The third-order valence-corrected chi connectivity index (χ3v) is 6.11. The maximum atomic E-state index is 12.0. The van der Waals surface area contributed by atoms with Crippen LogP contribution in [0.4, 0.5) is 11.4 Å². The molecule has 1 saturated carbocycles. The third kappa shape index (κ3) is 4.75. The van der Waals surface area contributed by atoms with E-state index >= 15 is 0 Å². The number of nitrogens with zero attached hydrogens (tertiary/aromatic N) is 2. The summed E-state index contributed by atoms with van der Waals surface area (Å²) in [5, 5.41) is 4.03. The number of fused-ring (bicyclic) bond motifs is 1. The summed E-state index contributed by atoms with van der Waals surface area (Å²) in [6.07, 6.45) is 3.14. The summed E-state index contributed by atoms with van der Waals surface area (Å²) < 4.78 is 8.26. The van der Waals surface area contributed by atoms with Crippen LogP contribution in [-0.4, -0.2) is 42.1 Å². The van der Waals surface area contributed by atoms with Crippen LogP contribution >= 0.6 is 0 Å². The minimum Gasteiger partial charge on any atom is -0.492 e. The van der Waals surface area contributed by atoms with Gasteiger partial charge in [-0.25, -0.2) is 0 Å². The average Bonchev–Trinajstić information content (AvgIpc) is 3.60. The van der Waals surface area contributed by atoms with Gasteiger partial charge in [-0.15, -0.1) is 0 Å². The normalized spacial score (nSPS) is 13.6. The molecule has 1 aromatic heterocycles. The number of anilines is 2. The number of carbonyl (C=O) groups is 1. The number of amides is 1. The summed E-state index contributed by atoms with van der Waals surface area (Å²) >= 11 is 0. The molecule has 1 fully saturated rings. The molecule has 3 N–H and O–H groups in total. The molecule has 170 valence electrons. The lowest BCUT2D eigenvalue weighted by molar-refractivity contribution is -0.117. The molecule has 1 amide bonds. The van der Waals surface area contributed by atoms with Gasteiger partial charge in [0.15, 0.2) is 0 Å². The number of rotatable bonds is 10. The Hall–Kier alpha value is -2.99. The first kappa shape index (κ1) is 22.2. The van der Waals surface area contributed by atoms with Crippen molar-refractivity contribution >= 4 is 28.2 Å². The number of carbonyl (C=O) groups excluding carboxylic acids is 1. The first-order valence-electron chi connectivity index (χ1n) is 11.7. The number of ether oxygens (including phenoxy) is 1. The molecule has 32 heavy (non-hydrogen) atoms. The van der Waals surface area contributed by atoms with Crippen molar-refractivity contribution in [3.63, 3.8) is 0 Å². The molecule has 2 aromatic carbocycles. The molecule has 1 aliphatic rings. The van der Waals surface area contributed by atoms with Gasteiger partial charge in [-0.2, -0.15) is 0 Å².